The number of piperidine rings is 1. The van der Waals surface area contributed by atoms with Crippen molar-refractivity contribution in [1.29, 1.82) is 0 Å². The molecule has 1 fully saturated rings. The van der Waals surface area contributed by atoms with Crippen LogP contribution >= 0.6 is 0 Å². The fraction of sp³-hybridized carbons (Fsp3) is 0.545. The van der Waals surface area contributed by atoms with Crippen molar-refractivity contribution in [2.45, 2.75) is 32.4 Å². The standard InChI is InChI=1S/C11H16N4O2/c1-8-5-13-15(6-8)7-10(16)14-9-3-2-4-12-11(9)17/h5-6,9H,2-4,7H2,1H3,(H,12,17)(H,14,16)/t9-/m1/s1. The SMILES string of the molecule is Cc1cnn(CC(=O)N[C@@H]2CCCNC2=O)c1. The second-order valence-corrected chi connectivity index (χ2v) is 4.27. The fourth-order valence-electron chi connectivity index (χ4n) is 1.85. The molecule has 2 heterocycles. The number of aromatic nitrogens is 2. The lowest BCUT2D eigenvalue weighted by atomic mass is 10.1. The van der Waals surface area contributed by atoms with Crippen LogP contribution in [0.15, 0.2) is 12.4 Å². The summed E-state index contributed by atoms with van der Waals surface area (Å²) in [6.45, 7) is 2.76. The predicted molar refractivity (Wildman–Crippen MR) is 61.1 cm³/mol. The van der Waals surface area contributed by atoms with E-state index in [0.717, 1.165) is 12.0 Å². The minimum atomic E-state index is -0.395. The third kappa shape index (κ3) is 3.05. The Bertz CT molecular complexity index is 427. The van der Waals surface area contributed by atoms with E-state index >= 15 is 0 Å². The van der Waals surface area contributed by atoms with Gasteiger partial charge in [0.05, 0.1) is 6.20 Å². The van der Waals surface area contributed by atoms with Gasteiger partial charge in [0, 0.05) is 12.7 Å². The number of rotatable bonds is 3. The molecule has 0 spiro atoms. The van der Waals surface area contributed by atoms with Gasteiger partial charge in [-0.1, -0.05) is 0 Å². The Morgan fingerprint density at radius 3 is 3.18 bits per heavy atom. The third-order valence-corrected chi connectivity index (χ3v) is 2.69. The van der Waals surface area contributed by atoms with Gasteiger partial charge in [0.25, 0.3) is 0 Å². The summed E-state index contributed by atoms with van der Waals surface area (Å²) in [7, 11) is 0. The molecule has 1 aromatic heterocycles. The second-order valence-electron chi connectivity index (χ2n) is 4.27. The van der Waals surface area contributed by atoms with Crippen molar-refractivity contribution < 1.29 is 9.59 Å². The number of nitrogens with zero attached hydrogens (tertiary/aromatic N) is 2. The average molecular weight is 236 g/mol. The van der Waals surface area contributed by atoms with Crippen LogP contribution in [0.25, 0.3) is 0 Å². The molecular weight excluding hydrogens is 220 g/mol. The molecule has 1 aromatic rings. The van der Waals surface area contributed by atoms with E-state index in [1.54, 1.807) is 17.1 Å². The Balaban J connectivity index is 1.86. The third-order valence-electron chi connectivity index (χ3n) is 2.69. The maximum Gasteiger partial charge on any atom is 0.242 e. The van der Waals surface area contributed by atoms with E-state index in [4.69, 9.17) is 0 Å². The predicted octanol–water partition coefficient (Wildman–Crippen LogP) is -0.414. The van der Waals surface area contributed by atoms with Gasteiger partial charge in [0.1, 0.15) is 12.6 Å². The second kappa shape index (κ2) is 4.99. The molecule has 92 valence electrons. The Hall–Kier alpha value is -1.85. The lowest BCUT2D eigenvalue weighted by Crippen LogP contribution is -2.50. The first-order chi connectivity index (χ1) is 8.15. The van der Waals surface area contributed by atoms with Crippen LogP contribution in [0.3, 0.4) is 0 Å². The Morgan fingerprint density at radius 2 is 2.53 bits per heavy atom. The van der Waals surface area contributed by atoms with Crippen molar-refractivity contribution >= 4 is 11.8 Å². The zero-order valence-electron chi connectivity index (χ0n) is 9.77. The Labute approximate surface area is 99.4 Å². The molecule has 6 nitrogen and oxygen atoms in total. The quantitative estimate of drug-likeness (QED) is 0.749. The minimum absolute atomic E-state index is 0.0961. The van der Waals surface area contributed by atoms with Gasteiger partial charge in [-0.05, 0) is 25.3 Å². The van der Waals surface area contributed by atoms with Crippen molar-refractivity contribution in [3.05, 3.63) is 18.0 Å². The topological polar surface area (TPSA) is 76.0 Å². The van der Waals surface area contributed by atoms with Crippen molar-refractivity contribution in [1.82, 2.24) is 20.4 Å². The van der Waals surface area contributed by atoms with Crippen LogP contribution in [0.2, 0.25) is 0 Å². The highest BCUT2D eigenvalue weighted by atomic mass is 16.2. The largest absolute Gasteiger partial charge is 0.354 e. The van der Waals surface area contributed by atoms with Crippen LogP contribution in [-0.4, -0.2) is 34.2 Å². The van der Waals surface area contributed by atoms with Gasteiger partial charge >= 0.3 is 0 Å². The molecule has 0 radical (unpaired) electrons. The summed E-state index contributed by atoms with van der Waals surface area (Å²) < 4.78 is 1.56. The minimum Gasteiger partial charge on any atom is -0.354 e. The molecule has 6 heteroatoms. The summed E-state index contributed by atoms with van der Waals surface area (Å²) in [5.41, 5.74) is 1.01. The monoisotopic (exact) mass is 236 g/mol. The number of carbonyl (C=O) groups is 2. The van der Waals surface area contributed by atoms with Crippen LogP contribution < -0.4 is 10.6 Å². The number of carbonyl (C=O) groups excluding carboxylic acids is 2. The molecule has 0 bridgehead atoms. The highest BCUT2D eigenvalue weighted by Crippen LogP contribution is 2.03. The number of hydrogen-bond acceptors (Lipinski definition) is 3. The molecule has 17 heavy (non-hydrogen) atoms. The van der Waals surface area contributed by atoms with Crippen LogP contribution in [0.4, 0.5) is 0 Å². The van der Waals surface area contributed by atoms with Crippen LogP contribution in [-0.2, 0) is 16.1 Å². The van der Waals surface area contributed by atoms with Crippen molar-refractivity contribution in [2.24, 2.45) is 0 Å². The zero-order valence-corrected chi connectivity index (χ0v) is 9.77. The van der Waals surface area contributed by atoms with Crippen LogP contribution in [0, 0.1) is 6.92 Å². The van der Waals surface area contributed by atoms with Crippen molar-refractivity contribution in [3.8, 4) is 0 Å². The molecule has 2 amide bonds. The molecular formula is C11H16N4O2. The molecule has 0 aromatic carbocycles. The summed E-state index contributed by atoms with van der Waals surface area (Å²) in [5.74, 6) is -0.281. The summed E-state index contributed by atoms with van der Waals surface area (Å²) in [5, 5.41) is 9.47. The first kappa shape index (κ1) is 11.6. The van der Waals surface area contributed by atoms with E-state index in [1.165, 1.54) is 0 Å². The lowest BCUT2D eigenvalue weighted by molar-refractivity contribution is -0.130. The molecule has 2 rings (SSSR count). The molecule has 0 saturated carbocycles. The zero-order chi connectivity index (χ0) is 12.3. The maximum atomic E-state index is 11.7. The summed E-state index contributed by atoms with van der Waals surface area (Å²) in [4.78, 5) is 23.1. The Kier molecular flexibility index (Phi) is 3.41. The van der Waals surface area contributed by atoms with E-state index in [-0.39, 0.29) is 18.4 Å². The maximum absolute atomic E-state index is 11.7. The van der Waals surface area contributed by atoms with E-state index in [1.807, 2.05) is 6.92 Å². The molecule has 2 N–H and O–H groups in total. The lowest BCUT2D eigenvalue weighted by Gasteiger charge is -2.22. The normalized spacial score (nSPS) is 19.8. The number of amides is 2. The summed E-state index contributed by atoms with van der Waals surface area (Å²) in [6, 6.07) is -0.395. The Morgan fingerprint density at radius 1 is 1.71 bits per heavy atom. The first-order valence-electron chi connectivity index (χ1n) is 5.71. The summed E-state index contributed by atoms with van der Waals surface area (Å²) >= 11 is 0. The van der Waals surface area contributed by atoms with Crippen LogP contribution in [0.5, 0.6) is 0 Å². The smallest absolute Gasteiger partial charge is 0.242 e. The average Bonchev–Trinajstić information content (AvgIpc) is 2.67. The van der Waals surface area contributed by atoms with E-state index in [0.29, 0.717) is 13.0 Å². The van der Waals surface area contributed by atoms with E-state index < -0.39 is 6.04 Å². The number of hydrogen-bond donors (Lipinski definition) is 2. The highest BCUT2D eigenvalue weighted by molar-refractivity contribution is 5.87. The van der Waals surface area contributed by atoms with E-state index in [9.17, 15) is 9.59 Å². The van der Waals surface area contributed by atoms with E-state index in [2.05, 4.69) is 15.7 Å². The van der Waals surface area contributed by atoms with Gasteiger partial charge in [-0.3, -0.25) is 14.3 Å². The van der Waals surface area contributed by atoms with Gasteiger partial charge in [-0.15, -0.1) is 0 Å². The molecule has 1 aliphatic heterocycles. The molecule has 1 saturated heterocycles. The molecule has 1 aliphatic rings. The highest BCUT2D eigenvalue weighted by Gasteiger charge is 2.23. The number of aryl methyl sites for hydroxylation is 1. The van der Waals surface area contributed by atoms with Crippen LogP contribution in [0.1, 0.15) is 18.4 Å². The van der Waals surface area contributed by atoms with Gasteiger partial charge < -0.3 is 10.6 Å². The van der Waals surface area contributed by atoms with Gasteiger partial charge in [0.2, 0.25) is 11.8 Å². The van der Waals surface area contributed by atoms with Gasteiger partial charge in [-0.25, -0.2) is 0 Å². The fourth-order valence-corrected chi connectivity index (χ4v) is 1.85. The first-order valence-corrected chi connectivity index (χ1v) is 5.71. The number of nitrogens with one attached hydrogen (secondary N) is 2. The van der Waals surface area contributed by atoms with Crippen molar-refractivity contribution in [3.63, 3.8) is 0 Å². The summed E-state index contributed by atoms with van der Waals surface area (Å²) in [6.07, 6.45) is 5.09. The van der Waals surface area contributed by atoms with Gasteiger partial charge in [0.15, 0.2) is 0 Å². The molecule has 0 aliphatic carbocycles. The van der Waals surface area contributed by atoms with Crippen molar-refractivity contribution in [2.75, 3.05) is 6.54 Å². The van der Waals surface area contributed by atoms with Gasteiger partial charge in [-0.2, -0.15) is 5.10 Å². The molecule has 0 unspecified atom stereocenters. The molecule has 1 atom stereocenters.